The number of hydrogen-bond acceptors (Lipinski definition) is 2. The van der Waals surface area contributed by atoms with E-state index in [0.717, 1.165) is 56.3 Å². The van der Waals surface area contributed by atoms with Crippen molar-refractivity contribution in [2.45, 2.75) is 0 Å². The summed E-state index contributed by atoms with van der Waals surface area (Å²) in [6, 6.07) is 73.9. The molecule has 0 amide bonds. The summed E-state index contributed by atoms with van der Waals surface area (Å²) >= 11 is 0. The van der Waals surface area contributed by atoms with Crippen LogP contribution in [0, 0.1) is 0 Å². The molecule has 0 aliphatic rings. The maximum atomic E-state index is 5.08. The fourth-order valence-corrected chi connectivity index (χ4v) is 9.21. The number of hydrogen-bond donors (Lipinski definition) is 0. The van der Waals surface area contributed by atoms with E-state index in [9.17, 15) is 0 Å². The molecule has 0 radical (unpaired) electrons. The van der Waals surface area contributed by atoms with Gasteiger partial charge in [-0.2, -0.15) is 0 Å². The summed E-state index contributed by atoms with van der Waals surface area (Å²) in [5.41, 5.74) is 15.2. The molecule has 0 atom stereocenters. The molecule has 0 bridgehead atoms. The number of pyridine rings is 2. The van der Waals surface area contributed by atoms with Crippen LogP contribution in [0.1, 0.15) is 0 Å². The minimum absolute atomic E-state index is 0.931. The molecule has 4 aromatic heterocycles. The molecule has 0 fully saturated rings. The van der Waals surface area contributed by atoms with Crippen LogP contribution >= 0.6 is 0 Å². The van der Waals surface area contributed by atoms with Crippen LogP contribution in [0.2, 0.25) is 0 Å². The molecule has 280 valence electrons. The lowest BCUT2D eigenvalue weighted by Gasteiger charge is -2.16. The van der Waals surface area contributed by atoms with Crippen molar-refractivity contribution in [1.29, 1.82) is 0 Å². The van der Waals surface area contributed by atoms with E-state index in [1.54, 1.807) is 0 Å². The molecule has 0 aliphatic heterocycles. The normalized spacial score (nSPS) is 11.7. The van der Waals surface area contributed by atoms with E-state index in [-0.39, 0.29) is 0 Å². The monoisotopic (exact) mass is 764 g/mol. The average Bonchev–Trinajstić information content (AvgIpc) is 3.91. The minimum Gasteiger partial charge on any atom is -0.299 e. The zero-order valence-corrected chi connectivity index (χ0v) is 32.6. The summed E-state index contributed by atoms with van der Waals surface area (Å²) in [5.74, 6) is 0. The highest BCUT2D eigenvalue weighted by atomic mass is 15.0. The zero-order valence-electron chi connectivity index (χ0n) is 32.6. The fraction of sp³-hybridized carbons (Fsp3) is 0. The number of benzene rings is 8. The summed E-state index contributed by atoms with van der Waals surface area (Å²) in [6.07, 6.45) is 4.21. The Balaban J connectivity index is 1.00. The van der Waals surface area contributed by atoms with Crippen LogP contribution in [0.5, 0.6) is 0 Å². The first-order valence-corrected chi connectivity index (χ1v) is 20.4. The molecule has 0 spiro atoms. The topological polar surface area (TPSA) is 34.6 Å². The van der Waals surface area contributed by atoms with Gasteiger partial charge in [-0.1, -0.05) is 170 Å². The highest BCUT2D eigenvalue weighted by Gasteiger charge is 2.19. The standard InChI is InChI=1S/C56H36N4/c1-3-15-39(16-4-1)53-55(59-33-13-11-23-50(59)57-53)41-29-25-37(26-30-41)48-35-43-36-49(45-20-8-10-22-47(45)52(43)46-21-9-7-19-44(46)48)38-27-31-42(32-28-38)56-54(40-17-5-2-6-18-40)58-51-24-12-14-34-60(51)56/h1-36H. The lowest BCUT2D eigenvalue weighted by Crippen LogP contribution is -1.91. The number of imidazole rings is 2. The van der Waals surface area contributed by atoms with E-state index >= 15 is 0 Å². The van der Waals surface area contributed by atoms with Crippen LogP contribution in [0.3, 0.4) is 0 Å². The van der Waals surface area contributed by atoms with Crippen LogP contribution in [0.25, 0.3) is 111 Å². The van der Waals surface area contributed by atoms with Crippen molar-refractivity contribution >= 4 is 43.6 Å². The van der Waals surface area contributed by atoms with Crippen molar-refractivity contribution in [3.05, 3.63) is 219 Å². The van der Waals surface area contributed by atoms with E-state index in [2.05, 4.69) is 215 Å². The average molecular weight is 765 g/mol. The zero-order chi connectivity index (χ0) is 39.6. The van der Waals surface area contributed by atoms with Crippen LogP contribution < -0.4 is 0 Å². The van der Waals surface area contributed by atoms with Crippen LogP contribution in [0.15, 0.2) is 219 Å². The van der Waals surface area contributed by atoms with Gasteiger partial charge in [0, 0.05) is 34.6 Å². The number of aromatic nitrogens is 4. The van der Waals surface area contributed by atoms with Crippen molar-refractivity contribution < 1.29 is 0 Å². The minimum atomic E-state index is 0.931. The summed E-state index contributed by atoms with van der Waals surface area (Å²) in [4.78, 5) is 10.2. The molecular weight excluding hydrogens is 729 g/mol. The Kier molecular flexibility index (Phi) is 7.82. The van der Waals surface area contributed by atoms with Crippen molar-refractivity contribution in [3.8, 4) is 67.3 Å². The van der Waals surface area contributed by atoms with Gasteiger partial charge in [0.05, 0.1) is 22.8 Å². The van der Waals surface area contributed by atoms with Gasteiger partial charge in [0.15, 0.2) is 0 Å². The second-order valence-corrected chi connectivity index (χ2v) is 15.4. The SMILES string of the molecule is c1ccc(-c2nc3ccccn3c2-c2ccc(-c3cc4cc(-c5ccc(-c6c(-c7ccccc7)nc7ccccn67)cc5)c5ccccc5c4c4ccccc34)cc2)cc1. The Hall–Kier alpha value is -8.08. The maximum Gasteiger partial charge on any atom is 0.137 e. The molecule has 60 heavy (non-hydrogen) atoms. The molecule has 0 saturated carbocycles. The summed E-state index contributed by atoms with van der Waals surface area (Å²) < 4.78 is 4.39. The Labute approximate surface area is 346 Å². The summed E-state index contributed by atoms with van der Waals surface area (Å²) in [7, 11) is 0. The van der Waals surface area contributed by atoms with Crippen molar-refractivity contribution in [1.82, 2.24) is 18.8 Å². The highest BCUT2D eigenvalue weighted by molar-refractivity contribution is 6.25. The van der Waals surface area contributed by atoms with Gasteiger partial charge in [-0.3, -0.25) is 8.80 Å². The third-order valence-corrected chi connectivity index (χ3v) is 12.0. The first kappa shape index (κ1) is 34.0. The second kappa shape index (κ2) is 13.8. The van der Waals surface area contributed by atoms with E-state index in [4.69, 9.17) is 9.97 Å². The number of rotatable bonds is 6. The Bertz CT molecular complexity index is 3330. The lowest BCUT2D eigenvalue weighted by molar-refractivity contribution is 1.19. The van der Waals surface area contributed by atoms with Gasteiger partial charge in [0.2, 0.25) is 0 Å². The fourth-order valence-electron chi connectivity index (χ4n) is 9.21. The largest absolute Gasteiger partial charge is 0.299 e. The van der Waals surface area contributed by atoms with Gasteiger partial charge < -0.3 is 0 Å². The summed E-state index contributed by atoms with van der Waals surface area (Å²) in [5, 5.41) is 7.47. The van der Waals surface area contributed by atoms with Gasteiger partial charge in [-0.15, -0.1) is 0 Å². The van der Waals surface area contributed by atoms with E-state index < -0.39 is 0 Å². The molecule has 12 aromatic rings. The highest BCUT2D eigenvalue weighted by Crippen LogP contribution is 2.43. The third kappa shape index (κ3) is 5.46. The van der Waals surface area contributed by atoms with Gasteiger partial charge in [-0.25, -0.2) is 9.97 Å². The molecule has 8 aromatic carbocycles. The predicted molar refractivity (Wildman–Crippen MR) is 249 cm³/mol. The molecule has 0 N–H and O–H groups in total. The number of nitrogens with zero attached hydrogens (tertiary/aromatic N) is 4. The van der Waals surface area contributed by atoms with E-state index in [0.29, 0.717) is 0 Å². The lowest BCUT2D eigenvalue weighted by atomic mass is 9.87. The van der Waals surface area contributed by atoms with E-state index in [1.165, 1.54) is 54.6 Å². The smallest absolute Gasteiger partial charge is 0.137 e. The molecule has 4 heteroatoms. The van der Waals surface area contributed by atoms with Gasteiger partial charge in [-0.05, 0) is 91.0 Å². The Morgan fingerprint density at radius 1 is 0.300 bits per heavy atom. The Morgan fingerprint density at radius 2 is 0.667 bits per heavy atom. The molecule has 4 heterocycles. The number of fused-ring (bicyclic) bond motifs is 7. The molecular formula is C56H36N4. The molecule has 0 aliphatic carbocycles. The predicted octanol–water partition coefficient (Wildman–Crippen LogP) is 14.4. The first-order chi connectivity index (χ1) is 29.8. The Morgan fingerprint density at radius 3 is 1.10 bits per heavy atom. The van der Waals surface area contributed by atoms with Crippen LogP contribution in [0.4, 0.5) is 0 Å². The van der Waals surface area contributed by atoms with Crippen molar-refractivity contribution in [3.63, 3.8) is 0 Å². The van der Waals surface area contributed by atoms with Crippen LogP contribution in [-0.4, -0.2) is 18.8 Å². The second-order valence-electron chi connectivity index (χ2n) is 15.4. The molecule has 0 unspecified atom stereocenters. The summed E-state index contributed by atoms with van der Waals surface area (Å²) in [6.45, 7) is 0. The van der Waals surface area contributed by atoms with Crippen molar-refractivity contribution in [2.24, 2.45) is 0 Å². The molecule has 12 rings (SSSR count). The molecule has 0 saturated heterocycles. The van der Waals surface area contributed by atoms with E-state index in [1.807, 2.05) is 12.1 Å². The van der Waals surface area contributed by atoms with Crippen LogP contribution in [-0.2, 0) is 0 Å². The first-order valence-electron chi connectivity index (χ1n) is 20.4. The third-order valence-electron chi connectivity index (χ3n) is 12.0. The maximum absolute atomic E-state index is 5.08. The quantitative estimate of drug-likeness (QED) is 0.158. The van der Waals surface area contributed by atoms with Gasteiger partial charge in [0.25, 0.3) is 0 Å². The van der Waals surface area contributed by atoms with Gasteiger partial charge >= 0.3 is 0 Å². The van der Waals surface area contributed by atoms with Gasteiger partial charge in [0.1, 0.15) is 11.3 Å². The van der Waals surface area contributed by atoms with Crippen molar-refractivity contribution in [2.75, 3.05) is 0 Å². The molecule has 4 nitrogen and oxygen atoms in total.